The van der Waals surface area contributed by atoms with Crippen LogP contribution in [0.3, 0.4) is 0 Å². The zero-order valence-corrected chi connectivity index (χ0v) is 44.6. The number of hydrogen-bond donors (Lipinski definition) is 14. The van der Waals surface area contributed by atoms with Crippen molar-refractivity contribution in [3.05, 3.63) is 11.6 Å². The summed E-state index contributed by atoms with van der Waals surface area (Å²) >= 11 is 0. The summed E-state index contributed by atoms with van der Waals surface area (Å²) in [7, 11) is 0. The smallest absolute Gasteiger partial charge is 0.335 e. The minimum Gasteiger partial charge on any atom is -0.479 e. The highest BCUT2D eigenvalue weighted by molar-refractivity contribution is 5.73. The van der Waals surface area contributed by atoms with Gasteiger partial charge in [0.2, 0.25) is 0 Å². The molecule has 23 heteroatoms. The Morgan fingerprint density at radius 2 is 1.30 bits per heavy atom. The molecule has 4 heterocycles. The first-order chi connectivity index (χ1) is 35.5. The second-order valence-corrected chi connectivity index (χ2v) is 25.8. The van der Waals surface area contributed by atoms with Crippen LogP contribution >= 0.6 is 0 Å². The minimum absolute atomic E-state index is 0.0327. The quantitative estimate of drug-likeness (QED) is 0.0753. The Labute approximate surface area is 442 Å². The number of fused-ring (bicyclic) bond motifs is 7. The van der Waals surface area contributed by atoms with Crippen LogP contribution in [0.5, 0.6) is 0 Å². The predicted molar refractivity (Wildman–Crippen MR) is 259 cm³/mol. The van der Waals surface area contributed by atoms with Crippen molar-refractivity contribution in [1.82, 2.24) is 0 Å². The van der Waals surface area contributed by atoms with E-state index in [1.807, 2.05) is 13.8 Å². The first-order valence-electron chi connectivity index (χ1n) is 27.3. The molecule has 30 atom stereocenters. The van der Waals surface area contributed by atoms with E-state index in [9.17, 15) is 76.3 Å². The monoisotopic (exact) mass is 1090 g/mol. The third-order valence-corrected chi connectivity index (χ3v) is 21.4. The fourth-order valence-corrected chi connectivity index (χ4v) is 16.3. The lowest BCUT2D eigenvalue weighted by Crippen LogP contribution is -2.68. The summed E-state index contributed by atoms with van der Waals surface area (Å²) in [6, 6.07) is 0. The highest BCUT2D eigenvalue weighted by Crippen LogP contribution is 2.76. The van der Waals surface area contributed by atoms with Gasteiger partial charge in [-0.05, 0) is 104 Å². The molecule has 9 rings (SSSR count). The van der Waals surface area contributed by atoms with Crippen molar-refractivity contribution in [2.75, 3.05) is 26.4 Å². The summed E-state index contributed by atoms with van der Waals surface area (Å²) in [6.45, 7) is 13.2. The van der Waals surface area contributed by atoms with Crippen molar-refractivity contribution in [3.8, 4) is 0 Å². The van der Waals surface area contributed by atoms with Gasteiger partial charge in [0.15, 0.2) is 31.3 Å². The van der Waals surface area contributed by atoms with Crippen LogP contribution in [0.15, 0.2) is 11.6 Å². The van der Waals surface area contributed by atoms with Gasteiger partial charge < -0.3 is 109 Å². The number of ether oxygens (including phenoxy) is 8. The van der Waals surface area contributed by atoms with E-state index in [4.69, 9.17) is 37.9 Å². The Kier molecular flexibility index (Phi) is 16.5. The van der Waals surface area contributed by atoms with Crippen LogP contribution in [-0.4, -0.2) is 233 Å². The lowest BCUT2D eigenvalue weighted by molar-refractivity contribution is -0.387. The molecule has 0 radical (unpaired) electrons. The molecule has 0 unspecified atom stereocenters. The lowest BCUT2D eigenvalue weighted by atomic mass is 9.33. The second-order valence-electron chi connectivity index (χ2n) is 25.8. The van der Waals surface area contributed by atoms with E-state index in [0.717, 1.165) is 25.7 Å². The summed E-state index contributed by atoms with van der Waals surface area (Å²) in [6.07, 6.45) is -24.4. The minimum atomic E-state index is -2.06. The normalized spacial score (nSPS) is 56.6. The Bertz CT molecular complexity index is 2100. The fourth-order valence-electron chi connectivity index (χ4n) is 16.3. The highest BCUT2D eigenvalue weighted by atomic mass is 16.8. The summed E-state index contributed by atoms with van der Waals surface area (Å²) in [5, 5.41) is 151. The van der Waals surface area contributed by atoms with Crippen molar-refractivity contribution in [1.29, 1.82) is 0 Å². The van der Waals surface area contributed by atoms with E-state index >= 15 is 0 Å². The van der Waals surface area contributed by atoms with Crippen molar-refractivity contribution in [2.45, 2.75) is 235 Å². The van der Waals surface area contributed by atoms with Gasteiger partial charge in [0.1, 0.15) is 79.4 Å². The molecule has 9 aliphatic rings. The molecule has 0 spiro atoms. The predicted octanol–water partition coefficient (Wildman–Crippen LogP) is -1.86. The van der Waals surface area contributed by atoms with Crippen molar-refractivity contribution in [3.63, 3.8) is 0 Å². The van der Waals surface area contributed by atoms with Crippen molar-refractivity contribution in [2.24, 2.45) is 50.2 Å². The molecule has 4 saturated carbocycles. The maximum absolute atomic E-state index is 12.5. The third-order valence-electron chi connectivity index (χ3n) is 21.4. The van der Waals surface area contributed by atoms with Crippen LogP contribution in [0.25, 0.3) is 0 Å². The molecule has 8 fully saturated rings. The summed E-state index contributed by atoms with van der Waals surface area (Å²) in [5.74, 6) is -1.67. The number of carbonyl (C=O) groups is 1. The summed E-state index contributed by atoms with van der Waals surface area (Å²) in [5.41, 5.74) is -1.62. The van der Waals surface area contributed by atoms with Crippen LogP contribution in [0, 0.1) is 50.2 Å². The first-order valence-corrected chi connectivity index (χ1v) is 27.3. The van der Waals surface area contributed by atoms with E-state index in [1.54, 1.807) is 0 Å². The Morgan fingerprint density at radius 3 is 1.97 bits per heavy atom. The number of rotatable bonds is 12. The van der Waals surface area contributed by atoms with Crippen LogP contribution in [-0.2, 0) is 42.7 Å². The molecule has 0 bridgehead atoms. The molecule has 14 N–H and O–H groups in total. The Morgan fingerprint density at radius 1 is 0.645 bits per heavy atom. The van der Waals surface area contributed by atoms with Crippen molar-refractivity contribution < 1.29 is 114 Å². The highest BCUT2D eigenvalue weighted by Gasteiger charge is 2.70. The average molecular weight is 1090 g/mol. The number of hydrogen-bond acceptors (Lipinski definition) is 22. The van der Waals surface area contributed by atoms with Gasteiger partial charge in [-0.2, -0.15) is 0 Å². The van der Waals surface area contributed by atoms with Crippen LogP contribution in [0.1, 0.15) is 106 Å². The zero-order chi connectivity index (χ0) is 55.6. The number of aliphatic carboxylic acids is 1. The van der Waals surface area contributed by atoms with E-state index in [-0.39, 0.29) is 47.2 Å². The molecule has 76 heavy (non-hydrogen) atoms. The number of aliphatic hydroxyl groups excluding tert-OH is 13. The maximum atomic E-state index is 12.5. The number of allylic oxidation sites excluding steroid dienone is 2. The van der Waals surface area contributed by atoms with Crippen molar-refractivity contribution >= 4 is 5.97 Å². The standard InChI is InChI=1S/C53H86O23/c1-22-31(58)34(61)39(66)45(71-22)75-41-32(59)25(56)19-69-46(41)76-42-37(64)36(63)40(43(67)68)74-47(42)73-30-11-12-50(4)27(51(30,5)20-55)10-13-53(7)28(50)9-8-23-24-16-48(2,17-29(57)49(24,3)14-15-52(23,53)6)21-70-44-38(65)35(62)33(60)26(18-54)72-44/h8,22,24-42,44-47,54-66H,9-21H2,1-7H3,(H,67,68)/t22-,24-,25+,26+,27+,28+,29+,30-,31-,32-,33+,34+,35-,36-,37-,38+,39+,40-,41+,42+,44+,45-,46-,47+,48-,49+,50-,51-,52+,53+/m0/s1. The Balaban J connectivity index is 0.952. The third kappa shape index (κ3) is 9.46. The van der Waals surface area contributed by atoms with Gasteiger partial charge in [-0.3, -0.25) is 0 Å². The van der Waals surface area contributed by atoms with Gasteiger partial charge in [-0.1, -0.05) is 53.2 Å². The Hall–Kier alpha value is -1.63. The van der Waals surface area contributed by atoms with E-state index < -0.39 is 164 Å². The largest absolute Gasteiger partial charge is 0.479 e. The van der Waals surface area contributed by atoms with Gasteiger partial charge in [0.05, 0.1) is 44.7 Å². The average Bonchev–Trinajstić information content (AvgIpc) is 3.51. The van der Waals surface area contributed by atoms with Gasteiger partial charge in [0, 0.05) is 10.8 Å². The fraction of sp³-hybridized carbons (Fsp3) is 0.943. The topological polar surface area (TPSA) is 374 Å². The maximum Gasteiger partial charge on any atom is 0.335 e. The van der Waals surface area contributed by atoms with E-state index in [1.165, 1.54) is 12.5 Å². The summed E-state index contributed by atoms with van der Waals surface area (Å²) < 4.78 is 48.0. The SMILES string of the molecule is C[C@@H]1O[C@@H](O[C@H]2[C@H](O[C@H]3[C@H](O[C@H]4CC[C@@]5(C)[C@@H](CC[C@]6(C)[C@@H]5CC=C5[C@@H]7C[C@](C)(CO[C@@H]8O[C@H](CO)[C@@H](O)[C@H](O)[C@H]8O)C[C@@H](O)[C@]7(C)CC[C@]56C)[C@]4(C)CO)O[C@H](C(=O)O)[C@@H](O)[C@@H]3O)OC[C@@H](O)[C@@H]2O)[C@H](O)[C@H](O)[C@H]1O. The number of carboxylic acid groups (broad SMARTS) is 1. The van der Waals surface area contributed by atoms with E-state index in [0.29, 0.717) is 32.1 Å². The molecule has 4 saturated heterocycles. The molecule has 4 aliphatic heterocycles. The molecule has 23 nitrogen and oxygen atoms in total. The lowest BCUT2D eigenvalue weighted by Gasteiger charge is -2.72. The second kappa shape index (κ2) is 21.3. The van der Waals surface area contributed by atoms with Gasteiger partial charge >= 0.3 is 5.97 Å². The zero-order valence-electron chi connectivity index (χ0n) is 44.6. The van der Waals surface area contributed by atoms with Gasteiger partial charge in [-0.15, -0.1) is 0 Å². The molecule has 0 aromatic carbocycles. The number of aliphatic hydroxyl groups is 13. The van der Waals surface area contributed by atoms with Gasteiger partial charge in [-0.25, -0.2) is 4.79 Å². The molecule has 0 aromatic heterocycles. The summed E-state index contributed by atoms with van der Waals surface area (Å²) in [4.78, 5) is 12.5. The van der Waals surface area contributed by atoms with Crippen LogP contribution in [0.2, 0.25) is 0 Å². The van der Waals surface area contributed by atoms with Gasteiger partial charge in [0.25, 0.3) is 0 Å². The molecular weight excluding hydrogens is 1000 g/mol. The van der Waals surface area contributed by atoms with E-state index in [2.05, 4.69) is 33.8 Å². The molecule has 0 aromatic rings. The number of carboxylic acids is 1. The first kappa shape index (κ1) is 59.0. The molecule has 436 valence electrons. The van der Waals surface area contributed by atoms with Crippen LogP contribution < -0.4 is 0 Å². The molecular formula is C53H86O23. The molecule has 5 aliphatic carbocycles. The molecule has 0 amide bonds. The van der Waals surface area contributed by atoms with Crippen LogP contribution in [0.4, 0.5) is 0 Å².